The molecule has 4 N–H and O–H groups in total. The standard InChI is InChI=1S/C42H55N9O2/c1-31-27-33(7-4-8-34(31)29-43-2)39-16-19-45-42(48-39)47-35-12-14-37(15-13-35)51-24-22-49(23-25-51)30-32-17-20-50(21-18-32)38-10-5-9-36(28-38)46-40(11-6-26-52)41(53)44-3/h5,7-10,12-16,19,26-28,32,40,43,46H,4,6,11,17-18,20-25,29-30H2,1-3H3,(H,44,53)(H,45,47,48). The summed E-state index contributed by atoms with van der Waals surface area (Å²) in [7, 11) is 3.60. The fourth-order valence-corrected chi connectivity index (χ4v) is 7.52. The van der Waals surface area contributed by atoms with Gasteiger partial charge in [0, 0.05) is 94.8 Å². The molecule has 3 aromatic rings. The number of nitrogens with zero attached hydrogens (tertiary/aromatic N) is 5. The van der Waals surface area contributed by atoms with Gasteiger partial charge in [0.25, 0.3) is 0 Å². The predicted molar refractivity (Wildman–Crippen MR) is 217 cm³/mol. The maximum Gasteiger partial charge on any atom is 0.242 e. The number of amides is 1. The minimum atomic E-state index is -0.431. The molecular formula is C42H55N9O2. The first-order valence-electron chi connectivity index (χ1n) is 19.1. The molecule has 280 valence electrons. The summed E-state index contributed by atoms with van der Waals surface area (Å²) < 4.78 is 0. The number of allylic oxidation sites excluding steroid dienone is 4. The van der Waals surface area contributed by atoms with Crippen LogP contribution in [0, 0.1) is 5.92 Å². The van der Waals surface area contributed by atoms with E-state index >= 15 is 0 Å². The maximum absolute atomic E-state index is 12.3. The van der Waals surface area contributed by atoms with Crippen LogP contribution in [0.5, 0.6) is 0 Å². The van der Waals surface area contributed by atoms with Crippen LogP contribution in [0.25, 0.3) is 5.57 Å². The Kier molecular flexibility index (Phi) is 13.3. The molecule has 1 atom stereocenters. The third kappa shape index (κ3) is 10.3. The Hall–Kier alpha value is -5.00. The number of hydrogen-bond donors (Lipinski definition) is 4. The number of nitrogens with one attached hydrogen (secondary N) is 4. The van der Waals surface area contributed by atoms with E-state index in [9.17, 15) is 9.59 Å². The number of hydrogen-bond acceptors (Lipinski definition) is 10. The van der Waals surface area contributed by atoms with Gasteiger partial charge in [0.2, 0.25) is 11.9 Å². The van der Waals surface area contributed by atoms with Crippen molar-refractivity contribution in [2.24, 2.45) is 5.92 Å². The van der Waals surface area contributed by atoms with Crippen LogP contribution in [0.1, 0.15) is 44.7 Å². The van der Waals surface area contributed by atoms with E-state index in [1.54, 1.807) is 7.05 Å². The summed E-state index contributed by atoms with van der Waals surface area (Å²) >= 11 is 0. The molecule has 0 spiro atoms. The van der Waals surface area contributed by atoms with E-state index in [-0.39, 0.29) is 5.91 Å². The average molecular weight is 718 g/mol. The summed E-state index contributed by atoms with van der Waals surface area (Å²) in [6.07, 6.45) is 13.4. The van der Waals surface area contributed by atoms with Gasteiger partial charge in [-0.2, -0.15) is 0 Å². The quantitative estimate of drug-likeness (QED) is 0.147. The molecule has 0 bridgehead atoms. The summed E-state index contributed by atoms with van der Waals surface area (Å²) in [5.74, 6) is 1.18. The Bertz CT molecular complexity index is 1770. The van der Waals surface area contributed by atoms with Crippen LogP contribution in [0.2, 0.25) is 0 Å². The third-order valence-electron chi connectivity index (χ3n) is 10.6. The van der Waals surface area contributed by atoms with Crippen LogP contribution in [0.3, 0.4) is 0 Å². The van der Waals surface area contributed by atoms with Gasteiger partial charge < -0.3 is 35.9 Å². The fourth-order valence-electron chi connectivity index (χ4n) is 7.52. The number of carbonyl (C=O) groups excluding carboxylic acids is 2. The van der Waals surface area contributed by atoms with Crippen molar-refractivity contribution in [1.82, 2.24) is 25.5 Å². The van der Waals surface area contributed by atoms with Crippen molar-refractivity contribution in [3.63, 3.8) is 0 Å². The Balaban J connectivity index is 0.945. The van der Waals surface area contributed by atoms with Gasteiger partial charge in [0.05, 0.1) is 5.69 Å². The molecular weight excluding hydrogens is 663 g/mol. The highest BCUT2D eigenvalue weighted by molar-refractivity contribution is 5.85. The van der Waals surface area contributed by atoms with Crippen molar-refractivity contribution in [2.45, 2.75) is 45.1 Å². The van der Waals surface area contributed by atoms with Crippen molar-refractivity contribution in [1.29, 1.82) is 0 Å². The Morgan fingerprint density at radius 1 is 0.925 bits per heavy atom. The lowest BCUT2D eigenvalue weighted by Gasteiger charge is -2.40. The molecule has 1 aliphatic carbocycles. The van der Waals surface area contributed by atoms with E-state index in [0.717, 1.165) is 87.7 Å². The average Bonchev–Trinajstić information content (AvgIpc) is 3.38. The second kappa shape index (κ2) is 18.7. The Morgan fingerprint density at radius 2 is 1.70 bits per heavy atom. The van der Waals surface area contributed by atoms with E-state index in [2.05, 4.69) is 103 Å². The smallest absolute Gasteiger partial charge is 0.242 e. The van der Waals surface area contributed by atoms with Crippen molar-refractivity contribution in [3.8, 4) is 0 Å². The largest absolute Gasteiger partial charge is 0.374 e. The van der Waals surface area contributed by atoms with Gasteiger partial charge in [-0.05, 0) is 117 Å². The third-order valence-corrected chi connectivity index (χ3v) is 10.6. The number of rotatable bonds is 15. The van der Waals surface area contributed by atoms with Crippen LogP contribution in [0.4, 0.5) is 28.7 Å². The molecule has 2 aromatic carbocycles. The molecule has 0 saturated carbocycles. The van der Waals surface area contributed by atoms with Gasteiger partial charge in [-0.3, -0.25) is 9.69 Å². The monoisotopic (exact) mass is 717 g/mol. The lowest BCUT2D eigenvalue weighted by Crippen LogP contribution is -2.49. The summed E-state index contributed by atoms with van der Waals surface area (Å²) in [5.41, 5.74) is 8.91. The molecule has 3 aliphatic rings. The van der Waals surface area contributed by atoms with Gasteiger partial charge in [-0.15, -0.1) is 0 Å². The zero-order chi connectivity index (χ0) is 37.0. The van der Waals surface area contributed by atoms with E-state index < -0.39 is 6.04 Å². The summed E-state index contributed by atoms with van der Waals surface area (Å²) in [6, 6.07) is 18.5. The number of aldehydes is 1. The van der Waals surface area contributed by atoms with Crippen molar-refractivity contribution in [2.75, 3.05) is 86.9 Å². The number of piperazine rings is 1. The molecule has 11 nitrogen and oxygen atoms in total. The molecule has 1 amide bonds. The first kappa shape index (κ1) is 37.7. The zero-order valence-corrected chi connectivity index (χ0v) is 31.5. The summed E-state index contributed by atoms with van der Waals surface area (Å²) in [5, 5.41) is 12.7. The molecule has 53 heavy (non-hydrogen) atoms. The number of likely N-dealkylation sites (N-methyl/N-ethyl adjacent to an activating group) is 2. The molecule has 2 fully saturated rings. The first-order chi connectivity index (χ1) is 25.9. The summed E-state index contributed by atoms with van der Waals surface area (Å²) in [4.78, 5) is 40.1. The predicted octanol–water partition coefficient (Wildman–Crippen LogP) is 5.64. The van der Waals surface area contributed by atoms with Gasteiger partial charge in [0.15, 0.2) is 0 Å². The molecule has 1 unspecified atom stereocenters. The van der Waals surface area contributed by atoms with Gasteiger partial charge in [-0.1, -0.05) is 18.2 Å². The minimum Gasteiger partial charge on any atom is -0.374 e. The second-order valence-electron chi connectivity index (χ2n) is 14.2. The molecule has 2 saturated heterocycles. The number of carbonyl (C=O) groups is 2. The topological polar surface area (TPSA) is 118 Å². The second-order valence-corrected chi connectivity index (χ2v) is 14.2. The van der Waals surface area contributed by atoms with Crippen molar-refractivity contribution >= 4 is 46.5 Å². The van der Waals surface area contributed by atoms with Crippen molar-refractivity contribution in [3.05, 3.63) is 95.9 Å². The van der Waals surface area contributed by atoms with E-state index in [0.29, 0.717) is 24.7 Å². The molecule has 6 rings (SSSR count). The molecule has 1 aromatic heterocycles. The van der Waals surface area contributed by atoms with Crippen LogP contribution in [-0.2, 0) is 9.59 Å². The van der Waals surface area contributed by atoms with E-state index in [1.165, 1.54) is 35.4 Å². The Morgan fingerprint density at radius 3 is 2.43 bits per heavy atom. The number of aromatic nitrogens is 2. The first-order valence-corrected chi connectivity index (χ1v) is 19.1. The SMILES string of the molecule is CNCC1=CCC=C(c2ccnc(Nc3ccc(N4CCN(CC5CCN(c6cccc(NC(CCC=O)C(=O)NC)c6)CC5)CC4)cc3)n2)C=C1C. The van der Waals surface area contributed by atoms with Crippen LogP contribution >= 0.6 is 0 Å². The normalized spacial score (nSPS) is 17.6. The molecule has 0 radical (unpaired) electrons. The van der Waals surface area contributed by atoms with Gasteiger partial charge in [-0.25, -0.2) is 9.97 Å². The molecule has 3 heterocycles. The van der Waals surface area contributed by atoms with E-state index in [1.807, 2.05) is 31.4 Å². The lowest BCUT2D eigenvalue weighted by molar-refractivity contribution is -0.121. The number of piperidine rings is 1. The van der Waals surface area contributed by atoms with Gasteiger partial charge >= 0.3 is 0 Å². The molecule has 2 aliphatic heterocycles. The maximum atomic E-state index is 12.3. The van der Waals surface area contributed by atoms with Crippen LogP contribution < -0.4 is 31.1 Å². The highest BCUT2D eigenvalue weighted by atomic mass is 16.2. The Labute approximate surface area is 314 Å². The highest BCUT2D eigenvalue weighted by Crippen LogP contribution is 2.28. The number of anilines is 5. The van der Waals surface area contributed by atoms with Crippen LogP contribution in [0.15, 0.2) is 90.2 Å². The number of benzene rings is 2. The highest BCUT2D eigenvalue weighted by Gasteiger charge is 2.25. The summed E-state index contributed by atoms with van der Waals surface area (Å²) in [6.45, 7) is 10.4. The van der Waals surface area contributed by atoms with Crippen molar-refractivity contribution < 1.29 is 9.59 Å². The van der Waals surface area contributed by atoms with Gasteiger partial charge in [0.1, 0.15) is 12.3 Å². The zero-order valence-electron chi connectivity index (χ0n) is 31.5. The fraction of sp³-hybridized carbons (Fsp3) is 0.429. The molecule has 11 heteroatoms. The minimum absolute atomic E-state index is 0.106. The lowest BCUT2D eigenvalue weighted by atomic mass is 9.95. The van der Waals surface area contributed by atoms with E-state index in [4.69, 9.17) is 4.98 Å². The van der Waals surface area contributed by atoms with Crippen LogP contribution in [-0.4, -0.2) is 99.6 Å².